The molecule has 5 heterocycles. The topological polar surface area (TPSA) is 137 Å². The van der Waals surface area contributed by atoms with Gasteiger partial charge in [0.15, 0.2) is 16.9 Å². The molecule has 2 aliphatic heterocycles. The van der Waals surface area contributed by atoms with Crippen LogP contribution in [0.1, 0.15) is 19.0 Å². The van der Waals surface area contributed by atoms with Crippen molar-refractivity contribution in [1.29, 1.82) is 0 Å². The van der Waals surface area contributed by atoms with Crippen LogP contribution in [0.25, 0.3) is 17.1 Å². The van der Waals surface area contributed by atoms with Gasteiger partial charge in [-0.3, -0.25) is 9.78 Å². The van der Waals surface area contributed by atoms with Crippen molar-refractivity contribution in [3.8, 4) is 17.3 Å². The number of methoxy groups -OCH3 is 1. The summed E-state index contributed by atoms with van der Waals surface area (Å²) in [5, 5.41) is 5.79. The van der Waals surface area contributed by atoms with Gasteiger partial charge in [0.1, 0.15) is 18.0 Å². The lowest BCUT2D eigenvalue weighted by Gasteiger charge is -2.31. The van der Waals surface area contributed by atoms with Gasteiger partial charge in [0.25, 0.3) is 0 Å². The van der Waals surface area contributed by atoms with Crippen molar-refractivity contribution in [2.75, 3.05) is 53.6 Å². The molecule has 0 saturated carbocycles. The number of hydrogen-bond acceptors (Lipinski definition) is 10. The molecule has 0 spiro atoms. The summed E-state index contributed by atoms with van der Waals surface area (Å²) in [6, 6.07) is 7.02. The lowest BCUT2D eigenvalue weighted by atomic mass is 10.2. The quantitative estimate of drug-likeness (QED) is 0.219. The van der Waals surface area contributed by atoms with E-state index in [1.54, 1.807) is 6.20 Å². The summed E-state index contributed by atoms with van der Waals surface area (Å²) in [7, 11) is -0.399. The number of rotatable bonds is 10. The van der Waals surface area contributed by atoms with Crippen molar-refractivity contribution in [3.63, 3.8) is 0 Å². The zero-order valence-corrected chi connectivity index (χ0v) is 25.8. The van der Waals surface area contributed by atoms with Gasteiger partial charge in [-0.05, 0) is 25.2 Å². The van der Waals surface area contributed by atoms with Crippen LogP contribution in [0.15, 0.2) is 51.5 Å². The summed E-state index contributed by atoms with van der Waals surface area (Å²) in [5.41, 5.74) is 1.18. The van der Waals surface area contributed by atoms with E-state index >= 15 is 0 Å². The number of hydrogen-bond donors (Lipinski definition) is 1. The maximum atomic E-state index is 13.6. The van der Waals surface area contributed by atoms with E-state index in [-0.39, 0.29) is 53.1 Å². The molecule has 3 aromatic rings. The summed E-state index contributed by atoms with van der Waals surface area (Å²) in [4.78, 5) is 29.0. The molecule has 1 unspecified atom stereocenters. The van der Waals surface area contributed by atoms with E-state index in [4.69, 9.17) is 26.2 Å². The first-order valence-electron chi connectivity index (χ1n) is 13.2. The molecule has 5 rings (SSSR count). The van der Waals surface area contributed by atoms with Gasteiger partial charge in [0.2, 0.25) is 21.3 Å². The number of halogens is 2. The molecule has 1 N–H and O–H groups in total. The number of ether oxygens (including phenoxy) is 2. The first-order chi connectivity index (χ1) is 19.7. The van der Waals surface area contributed by atoms with E-state index in [0.717, 1.165) is 15.5 Å². The van der Waals surface area contributed by atoms with Gasteiger partial charge < -0.3 is 26.8 Å². The van der Waals surface area contributed by atoms with Crippen LogP contribution in [0.3, 0.4) is 0 Å². The molecule has 1 atom stereocenters. The van der Waals surface area contributed by atoms with Gasteiger partial charge in [-0.2, -0.15) is 13.4 Å². The molecule has 0 aromatic carbocycles. The number of pyridine rings is 2. The minimum Gasteiger partial charge on any atom is -1.00 e. The average molecular weight is 640 g/mol. The van der Waals surface area contributed by atoms with Crippen LogP contribution in [0.4, 0.5) is 0 Å². The molecule has 226 valence electrons. The molecule has 13 nitrogen and oxygen atoms in total. The smallest absolute Gasteiger partial charge is 0.300 e. The van der Waals surface area contributed by atoms with Gasteiger partial charge in [-0.1, -0.05) is 18.1 Å². The second-order valence-electron chi connectivity index (χ2n) is 9.68. The molecule has 0 amide bonds. The Labute approximate surface area is 254 Å². The van der Waals surface area contributed by atoms with Crippen molar-refractivity contribution in [2.24, 2.45) is 5.10 Å². The molecule has 1 saturated heterocycles. The molecule has 1 fully saturated rings. The van der Waals surface area contributed by atoms with E-state index in [9.17, 15) is 13.2 Å². The maximum absolute atomic E-state index is 13.6. The second-order valence-corrected chi connectivity index (χ2v) is 12.0. The highest BCUT2D eigenvalue weighted by atomic mass is 35.5. The van der Waals surface area contributed by atoms with Gasteiger partial charge in [-0.25, -0.2) is 18.4 Å². The Hall–Kier alpha value is -2.98. The lowest BCUT2D eigenvalue weighted by molar-refractivity contribution is -0.851. The molecular formula is C26H32Cl2N8O5S. The SMILES string of the molecule is CCC1=c2nc(-c3cc(S(=O)(=O)N4CCN(C)CC4)cnc3OCCOC)n(Cl)c(=O)c2=N[NH+]1Cc1ccccn1.[Cl-]. The molecular weight excluding hydrogens is 607 g/mol. The number of sulfonamides is 1. The summed E-state index contributed by atoms with van der Waals surface area (Å²) in [6.07, 6.45) is 3.51. The fraction of sp³-hybridized carbons (Fsp3) is 0.423. The van der Waals surface area contributed by atoms with Crippen molar-refractivity contribution < 1.29 is 35.3 Å². The minimum atomic E-state index is -3.88. The Kier molecular flexibility index (Phi) is 10.3. The van der Waals surface area contributed by atoms with Gasteiger partial charge in [0.05, 0.1) is 24.1 Å². The zero-order valence-electron chi connectivity index (χ0n) is 23.5. The number of fused-ring (bicyclic) bond motifs is 1. The highest BCUT2D eigenvalue weighted by Crippen LogP contribution is 2.30. The minimum absolute atomic E-state index is 0. The third-order valence-electron chi connectivity index (χ3n) is 7.01. The fourth-order valence-electron chi connectivity index (χ4n) is 4.75. The van der Waals surface area contributed by atoms with Gasteiger partial charge in [0, 0.05) is 57.7 Å². The molecule has 0 bridgehead atoms. The lowest BCUT2D eigenvalue weighted by Crippen LogP contribution is -3.03. The zero-order chi connectivity index (χ0) is 29.1. The molecule has 42 heavy (non-hydrogen) atoms. The Balaban J connectivity index is 0.00000405. The standard InChI is InChI=1S/C26H31ClN8O5S.ClH/c1-4-21-22-23(31-34(21)17-18-7-5-6-8-28-18)26(36)35(27)24(30-22)20-15-19(16-29-25(20)40-14-13-39-3)41(37,38)33-11-9-32(2)10-12-33;/h5-8,15-16H,4,9-14,17H2,1-3H3;1H. The van der Waals surface area contributed by atoms with Crippen molar-refractivity contribution in [3.05, 3.63) is 63.4 Å². The van der Waals surface area contributed by atoms with Crippen LogP contribution < -0.4 is 38.4 Å². The van der Waals surface area contributed by atoms with E-state index < -0.39 is 15.6 Å². The predicted molar refractivity (Wildman–Crippen MR) is 150 cm³/mol. The third-order valence-corrected chi connectivity index (χ3v) is 9.19. The van der Waals surface area contributed by atoms with Crippen molar-refractivity contribution in [2.45, 2.75) is 24.8 Å². The van der Waals surface area contributed by atoms with E-state index in [1.165, 1.54) is 23.7 Å². The molecule has 2 aliphatic rings. The Morgan fingerprint density at radius 3 is 2.55 bits per heavy atom. The third kappa shape index (κ3) is 6.34. The maximum Gasteiger partial charge on any atom is 0.300 e. The van der Waals surface area contributed by atoms with Gasteiger partial charge >= 0.3 is 5.56 Å². The number of quaternary nitrogens is 1. The Morgan fingerprint density at radius 1 is 1.12 bits per heavy atom. The first-order valence-corrected chi connectivity index (χ1v) is 15.0. The van der Waals surface area contributed by atoms with Crippen LogP contribution in [0.2, 0.25) is 0 Å². The summed E-state index contributed by atoms with van der Waals surface area (Å²) in [5.74, 6) is 0.0808. The number of nitrogens with one attached hydrogen (secondary N) is 1. The normalized spacial score (nSPS) is 17.4. The van der Waals surface area contributed by atoms with E-state index in [2.05, 4.69) is 20.0 Å². The second kappa shape index (κ2) is 13.5. The molecule has 3 aromatic heterocycles. The van der Waals surface area contributed by atoms with E-state index in [0.29, 0.717) is 49.5 Å². The van der Waals surface area contributed by atoms with Crippen molar-refractivity contribution in [1.82, 2.24) is 28.2 Å². The van der Waals surface area contributed by atoms with Crippen LogP contribution in [-0.2, 0) is 21.3 Å². The van der Waals surface area contributed by atoms with Crippen LogP contribution in [0.5, 0.6) is 5.88 Å². The highest BCUT2D eigenvalue weighted by molar-refractivity contribution is 7.89. The summed E-state index contributed by atoms with van der Waals surface area (Å²) >= 11 is 6.55. The van der Waals surface area contributed by atoms with Crippen LogP contribution >= 0.6 is 11.8 Å². The van der Waals surface area contributed by atoms with Crippen molar-refractivity contribution >= 4 is 27.5 Å². The van der Waals surface area contributed by atoms with Crippen LogP contribution in [0, 0.1) is 0 Å². The average Bonchev–Trinajstić information content (AvgIpc) is 3.33. The molecule has 16 heteroatoms. The number of piperazine rings is 1. The molecule has 0 aliphatic carbocycles. The monoisotopic (exact) mass is 638 g/mol. The predicted octanol–water partition coefficient (Wildman–Crippen LogP) is -4.18. The number of likely N-dealkylation sites (N-methyl/N-ethyl adjacent to an activating group) is 1. The largest absolute Gasteiger partial charge is 1.00 e. The van der Waals surface area contributed by atoms with Crippen LogP contribution in [-0.4, -0.2) is 90.2 Å². The molecule has 0 radical (unpaired) electrons. The van der Waals surface area contributed by atoms with E-state index in [1.807, 2.05) is 32.2 Å². The van der Waals surface area contributed by atoms with Gasteiger partial charge in [-0.15, -0.1) is 0 Å². The summed E-state index contributed by atoms with van der Waals surface area (Å²) < 4.78 is 40.3. The summed E-state index contributed by atoms with van der Waals surface area (Å²) in [6.45, 7) is 4.71. The highest BCUT2D eigenvalue weighted by Gasteiger charge is 2.31. The fourth-order valence-corrected chi connectivity index (χ4v) is 6.35. The Bertz CT molecular complexity index is 1710. The Morgan fingerprint density at radius 2 is 1.88 bits per heavy atom. The number of aromatic nitrogens is 4. The number of nitrogens with zero attached hydrogens (tertiary/aromatic N) is 7. The first kappa shape index (κ1) is 31.9.